The fourth-order valence-electron chi connectivity index (χ4n) is 1.67. The van der Waals surface area contributed by atoms with Crippen LogP contribution in [0.1, 0.15) is 15.9 Å². The Labute approximate surface area is 119 Å². The smallest absolute Gasteiger partial charge is 0.255 e. The van der Waals surface area contributed by atoms with Gasteiger partial charge in [-0.25, -0.2) is 0 Å². The van der Waals surface area contributed by atoms with Gasteiger partial charge >= 0.3 is 0 Å². The number of nitrogens with one attached hydrogen (secondary N) is 1. The van der Waals surface area contributed by atoms with E-state index in [0.717, 1.165) is 14.8 Å². The van der Waals surface area contributed by atoms with E-state index in [9.17, 15) is 9.90 Å². The Morgan fingerprint density at radius 1 is 1.22 bits per heavy atom. The number of benzene rings is 2. The van der Waals surface area contributed by atoms with Crippen molar-refractivity contribution in [2.75, 3.05) is 5.32 Å². The standard InChI is InChI=1S/C14H12INO2/c1-9-7-12(17)5-6-13(9)14(18)16-11-4-2-3-10(15)8-11/h2-8,17H,1H3,(H,16,18). The van der Waals surface area contributed by atoms with Crippen molar-refractivity contribution in [2.24, 2.45) is 0 Å². The Morgan fingerprint density at radius 2 is 2.00 bits per heavy atom. The van der Waals surface area contributed by atoms with Gasteiger partial charge in [0.25, 0.3) is 5.91 Å². The maximum atomic E-state index is 12.1. The van der Waals surface area contributed by atoms with Crippen molar-refractivity contribution in [1.29, 1.82) is 0 Å². The molecular weight excluding hydrogens is 341 g/mol. The molecule has 1 amide bonds. The third kappa shape index (κ3) is 3.01. The van der Waals surface area contributed by atoms with Crippen LogP contribution in [-0.2, 0) is 0 Å². The van der Waals surface area contributed by atoms with E-state index in [1.807, 2.05) is 24.3 Å². The molecule has 0 aromatic heterocycles. The first kappa shape index (κ1) is 12.9. The number of phenols is 1. The van der Waals surface area contributed by atoms with Crippen molar-refractivity contribution in [1.82, 2.24) is 0 Å². The number of halogens is 1. The molecule has 2 N–H and O–H groups in total. The number of aryl methyl sites for hydroxylation is 1. The lowest BCUT2D eigenvalue weighted by Crippen LogP contribution is -2.13. The first-order valence-corrected chi connectivity index (χ1v) is 6.50. The molecule has 0 aliphatic heterocycles. The molecule has 92 valence electrons. The van der Waals surface area contributed by atoms with E-state index in [1.165, 1.54) is 6.07 Å². The Morgan fingerprint density at radius 3 is 2.67 bits per heavy atom. The first-order valence-electron chi connectivity index (χ1n) is 5.43. The largest absolute Gasteiger partial charge is 0.508 e. The van der Waals surface area contributed by atoms with Crippen LogP contribution in [-0.4, -0.2) is 11.0 Å². The molecule has 2 aromatic carbocycles. The zero-order valence-corrected chi connectivity index (χ0v) is 11.9. The summed E-state index contributed by atoms with van der Waals surface area (Å²) >= 11 is 2.19. The number of amides is 1. The third-order valence-electron chi connectivity index (χ3n) is 2.54. The van der Waals surface area contributed by atoms with Crippen LogP contribution < -0.4 is 5.32 Å². The van der Waals surface area contributed by atoms with Gasteiger partial charge in [-0.2, -0.15) is 0 Å². The van der Waals surface area contributed by atoms with Crippen LogP contribution in [0.3, 0.4) is 0 Å². The van der Waals surface area contributed by atoms with Gasteiger partial charge in [-0.15, -0.1) is 0 Å². The molecule has 2 aromatic rings. The Bertz CT molecular complexity index is 596. The van der Waals surface area contributed by atoms with Gasteiger partial charge in [0.2, 0.25) is 0 Å². The summed E-state index contributed by atoms with van der Waals surface area (Å²) in [7, 11) is 0. The fourth-order valence-corrected chi connectivity index (χ4v) is 2.21. The zero-order valence-electron chi connectivity index (χ0n) is 9.77. The summed E-state index contributed by atoms with van der Waals surface area (Å²) in [5.41, 5.74) is 2.07. The van der Waals surface area contributed by atoms with Crippen LogP contribution in [0.4, 0.5) is 5.69 Å². The topological polar surface area (TPSA) is 49.3 Å². The van der Waals surface area contributed by atoms with E-state index in [1.54, 1.807) is 19.1 Å². The predicted octanol–water partition coefficient (Wildman–Crippen LogP) is 3.56. The molecule has 0 saturated carbocycles. The highest BCUT2D eigenvalue weighted by Gasteiger charge is 2.09. The number of rotatable bonds is 2. The monoisotopic (exact) mass is 353 g/mol. The van der Waals surface area contributed by atoms with Crippen LogP contribution in [0.25, 0.3) is 0 Å². The zero-order chi connectivity index (χ0) is 13.1. The molecule has 0 bridgehead atoms. The van der Waals surface area contributed by atoms with E-state index in [4.69, 9.17) is 0 Å². The fraction of sp³-hybridized carbons (Fsp3) is 0.0714. The molecule has 0 aliphatic rings. The van der Waals surface area contributed by atoms with Gasteiger partial charge in [-0.05, 0) is 71.5 Å². The summed E-state index contributed by atoms with van der Waals surface area (Å²) in [4.78, 5) is 12.1. The van der Waals surface area contributed by atoms with Crippen LogP contribution in [0.15, 0.2) is 42.5 Å². The van der Waals surface area contributed by atoms with E-state index >= 15 is 0 Å². The molecule has 2 rings (SSSR count). The highest BCUT2D eigenvalue weighted by Crippen LogP contribution is 2.18. The number of hydrogen-bond acceptors (Lipinski definition) is 2. The third-order valence-corrected chi connectivity index (χ3v) is 3.21. The lowest BCUT2D eigenvalue weighted by molar-refractivity contribution is 0.102. The normalized spacial score (nSPS) is 10.1. The van der Waals surface area contributed by atoms with Gasteiger partial charge in [0.1, 0.15) is 5.75 Å². The second kappa shape index (κ2) is 5.39. The molecule has 0 unspecified atom stereocenters. The lowest BCUT2D eigenvalue weighted by Gasteiger charge is -2.08. The number of aromatic hydroxyl groups is 1. The maximum absolute atomic E-state index is 12.1. The highest BCUT2D eigenvalue weighted by molar-refractivity contribution is 14.1. The van der Waals surface area contributed by atoms with Crippen molar-refractivity contribution in [2.45, 2.75) is 6.92 Å². The van der Waals surface area contributed by atoms with Gasteiger partial charge in [0.05, 0.1) is 0 Å². The number of phenolic OH excluding ortho intramolecular Hbond substituents is 1. The Balaban J connectivity index is 2.22. The summed E-state index contributed by atoms with van der Waals surface area (Å²) in [6.07, 6.45) is 0. The molecule has 0 aliphatic carbocycles. The molecule has 18 heavy (non-hydrogen) atoms. The molecule has 0 radical (unpaired) electrons. The van der Waals surface area contributed by atoms with Crippen molar-refractivity contribution in [3.05, 3.63) is 57.2 Å². The minimum absolute atomic E-state index is 0.165. The van der Waals surface area contributed by atoms with Crippen molar-refractivity contribution in [3.63, 3.8) is 0 Å². The van der Waals surface area contributed by atoms with Gasteiger partial charge in [-0.1, -0.05) is 6.07 Å². The maximum Gasteiger partial charge on any atom is 0.255 e. The number of hydrogen-bond donors (Lipinski definition) is 2. The quantitative estimate of drug-likeness (QED) is 0.812. The van der Waals surface area contributed by atoms with Gasteiger partial charge in [0, 0.05) is 14.8 Å². The number of carbonyl (C=O) groups excluding carboxylic acids is 1. The summed E-state index contributed by atoms with van der Waals surface area (Å²) in [5, 5.41) is 12.1. The molecule has 0 fully saturated rings. The molecule has 0 heterocycles. The minimum Gasteiger partial charge on any atom is -0.508 e. The molecule has 0 spiro atoms. The number of anilines is 1. The van der Waals surface area contributed by atoms with E-state index in [-0.39, 0.29) is 11.7 Å². The Kier molecular flexibility index (Phi) is 3.86. The van der Waals surface area contributed by atoms with E-state index in [2.05, 4.69) is 27.9 Å². The van der Waals surface area contributed by atoms with Gasteiger partial charge in [0.15, 0.2) is 0 Å². The van der Waals surface area contributed by atoms with Crippen molar-refractivity contribution in [3.8, 4) is 5.75 Å². The van der Waals surface area contributed by atoms with Crippen LogP contribution in [0.2, 0.25) is 0 Å². The average Bonchev–Trinajstić information content (AvgIpc) is 2.28. The van der Waals surface area contributed by atoms with Crippen LogP contribution >= 0.6 is 22.6 Å². The van der Waals surface area contributed by atoms with Gasteiger partial charge in [-0.3, -0.25) is 4.79 Å². The minimum atomic E-state index is -0.172. The summed E-state index contributed by atoms with van der Waals surface area (Å²) in [6.45, 7) is 1.80. The van der Waals surface area contributed by atoms with E-state index < -0.39 is 0 Å². The number of carbonyl (C=O) groups is 1. The molecule has 3 nitrogen and oxygen atoms in total. The molecule has 0 atom stereocenters. The average molecular weight is 353 g/mol. The molecule has 4 heteroatoms. The lowest BCUT2D eigenvalue weighted by atomic mass is 10.1. The second-order valence-corrected chi connectivity index (χ2v) is 5.21. The van der Waals surface area contributed by atoms with Crippen molar-refractivity contribution >= 4 is 34.2 Å². The predicted molar refractivity (Wildman–Crippen MR) is 80.0 cm³/mol. The molecule has 0 saturated heterocycles. The van der Waals surface area contributed by atoms with Crippen molar-refractivity contribution < 1.29 is 9.90 Å². The second-order valence-electron chi connectivity index (χ2n) is 3.96. The summed E-state index contributed by atoms with van der Waals surface area (Å²) in [5.74, 6) is -0.00666. The summed E-state index contributed by atoms with van der Waals surface area (Å²) in [6, 6.07) is 12.3. The van der Waals surface area contributed by atoms with Gasteiger partial charge < -0.3 is 10.4 Å². The van der Waals surface area contributed by atoms with Crippen LogP contribution in [0, 0.1) is 10.5 Å². The molecular formula is C14H12INO2. The van der Waals surface area contributed by atoms with Crippen LogP contribution in [0.5, 0.6) is 5.75 Å². The SMILES string of the molecule is Cc1cc(O)ccc1C(=O)Nc1cccc(I)c1. The van der Waals surface area contributed by atoms with E-state index in [0.29, 0.717) is 5.56 Å². The Hall–Kier alpha value is -1.56. The highest BCUT2D eigenvalue weighted by atomic mass is 127. The summed E-state index contributed by atoms with van der Waals surface area (Å²) < 4.78 is 1.06. The first-order chi connectivity index (χ1) is 8.56.